The summed E-state index contributed by atoms with van der Waals surface area (Å²) in [4.78, 5) is 0. The van der Waals surface area contributed by atoms with Crippen LogP contribution >= 0.6 is 0 Å². The van der Waals surface area contributed by atoms with E-state index in [1.165, 1.54) is 56.1 Å². The van der Waals surface area contributed by atoms with Gasteiger partial charge < -0.3 is 10.4 Å². The molecule has 0 amide bonds. The van der Waals surface area contributed by atoms with E-state index in [1.54, 1.807) is 0 Å². The van der Waals surface area contributed by atoms with Crippen LogP contribution in [0.1, 0.15) is 62.1 Å². The van der Waals surface area contributed by atoms with Crippen LogP contribution in [-0.4, -0.2) is 17.8 Å². The van der Waals surface area contributed by atoms with Crippen molar-refractivity contribution >= 4 is 0 Å². The summed E-state index contributed by atoms with van der Waals surface area (Å²) in [5.74, 6) is 0.458. The van der Waals surface area contributed by atoms with Gasteiger partial charge in [-0.15, -0.1) is 0 Å². The third kappa shape index (κ3) is 3.24. The number of hydrogen-bond acceptors (Lipinski definition) is 2. The van der Waals surface area contributed by atoms with Crippen LogP contribution in [0.5, 0.6) is 0 Å². The first-order chi connectivity index (χ1) is 9.84. The molecule has 20 heavy (non-hydrogen) atoms. The maximum atomic E-state index is 10.1. The van der Waals surface area contributed by atoms with E-state index in [0.717, 1.165) is 13.0 Å². The molecule has 1 fully saturated rings. The number of hydrogen-bond donors (Lipinski definition) is 2. The SMILES string of the molecule is OC1CCCCC1CNC1CCCCc2ccccc21. The van der Waals surface area contributed by atoms with Gasteiger partial charge in [0.25, 0.3) is 0 Å². The molecular formula is C18H27NO. The molecule has 0 aromatic heterocycles. The topological polar surface area (TPSA) is 32.3 Å². The largest absolute Gasteiger partial charge is 0.393 e. The number of aliphatic hydroxyl groups is 1. The molecule has 2 nitrogen and oxygen atoms in total. The number of benzene rings is 1. The highest BCUT2D eigenvalue weighted by atomic mass is 16.3. The maximum absolute atomic E-state index is 10.1. The third-order valence-electron chi connectivity index (χ3n) is 5.11. The minimum atomic E-state index is -0.0859. The summed E-state index contributed by atoms with van der Waals surface area (Å²) in [5.41, 5.74) is 3.02. The molecule has 0 spiro atoms. The van der Waals surface area contributed by atoms with Crippen molar-refractivity contribution in [2.45, 2.75) is 63.5 Å². The Balaban J connectivity index is 1.64. The second-order valence-corrected chi connectivity index (χ2v) is 6.52. The zero-order valence-corrected chi connectivity index (χ0v) is 12.4. The van der Waals surface area contributed by atoms with Gasteiger partial charge in [-0.1, -0.05) is 43.5 Å². The molecule has 3 atom stereocenters. The van der Waals surface area contributed by atoms with E-state index in [-0.39, 0.29) is 6.10 Å². The monoisotopic (exact) mass is 273 g/mol. The van der Waals surface area contributed by atoms with Crippen LogP contribution in [0.25, 0.3) is 0 Å². The number of aryl methyl sites for hydroxylation is 1. The van der Waals surface area contributed by atoms with E-state index in [0.29, 0.717) is 12.0 Å². The Morgan fingerprint density at radius 3 is 2.70 bits per heavy atom. The standard InChI is InChI=1S/C18H27NO/c20-18-12-6-3-9-15(18)13-19-17-11-5-2-8-14-7-1-4-10-16(14)17/h1,4,7,10,15,17-20H,2-3,5-6,8-9,11-13H2. The Labute approximate surface area is 122 Å². The molecule has 3 unspecified atom stereocenters. The number of nitrogens with one attached hydrogen (secondary N) is 1. The summed E-state index contributed by atoms with van der Waals surface area (Å²) in [6, 6.07) is 9.38. The van der Waals surface area contributed by atoms with Gasteiger partial charge in [0.1, 0.15) is 0 Å². The Morgan fingerprint density at radius 1 is 1.00 bits per heavy atom. The molecule has 3 rings (SSSR count). The molecule has 2 N–H and O–H groups in total. The van der Waals surface area contributed by atoms with Crippen LogP contribution in [0.3, 0.4) is 0 Å². The molecule has 110 valence electrons. The lowest BCUT2D eigenvalue weighted by Gasteiger charge is -2.30. The van der Waals surface area contributed by atoms with Crippen LogP contribution in [0.4, 0.5) is 0 Å². The smallest absolute Gasteiger partial charge is 0.0580 e. The van der Waals surface area contributed by atoms with Gasteiger partial charge in [-0.25, -0.2) is 0 Å². The molecule has 2 aliphatic carbocycles. The van der Waals surface area contributed by atoms with E-state index < -0.39 is 0 Å². The van der Waals surface area contributed by atoms with Gasteiger partial charge in [-0.2, -0.15) is 0 Å². The average molecular weight is 273 g/mol. The van der Waals surface area contributed by atoms with E-state index in [2.05, 4.69) is 29.6 Å². The summed E-state index contributed by atoms with van der Waals surface area (Å²) in [7, 11) is 0. The molecule has 0 aliphatic heterocycles. The molecule has 0 saturated heterocycles. The number of rotatable bonds is 3. The van der Waals surface area contributed by atoms with Crippen molar-refractivity contribution in [3.05, 3.63) is 35.4 Å². The summed E-state index contributed by atoms with van der Waals surface area (Å²) in [6.07, 6.45) is 9.64. The molecule has 0 radical (unpaired) electrons. The molecule has 1 aromatic carbocycles. The predicted molar refractivity (Wildman–Crippen MR) is 82.7 cm³/mol. The lowest BCUT2D eigenvalue weighted by molar-refractivity contribution is 0.0679. The quantitative estimate of drug-likeness (QED) is 0.825. The highest BCUT2D eigenvalue weighted by molar-refractivity contribution is 5.31. The number of fused-ring (bicyclic) bond motifs is 1. The van der Waals surface area contributed by atoms with Crippen LogP contribution in [-0.2, 0) is 6.42 Å². The van der Waals surface area contributed by atoms with Crippen molar-refractivity contribution in [3.8, 4) is 0 Å². The predicted octanol–water partition coefficient (Wildman–Crippen LogP) is 3.59. The van der Waals surface area contributed by atoms with Gasteiger partial charge in [-0.05, 0) is 49.1 Å². The van der Waals surface area contributed by atoms with Crippen molar-refractivity contribution in [2.24, 2.45) is 5.92 Å². The van der Waals surface area contributed by atoms with E-state index in [9.17, 15) is 5.11 Å². The second-order valence-electron chi connectivity index (χ2n) is 6.52. The zero-order valence-electron chi connectivity index (χ0n) is 12.4. The van der Waals surface area contributed by atoms with E-state index >= 15 is 0 Å². The van der Waals surface area contributed by atoms with Crippen molar-refractivity contribution in [3.63, 3.8) is 0 Å². The molecule has 1 saturated carbocycles. The first kappa shape index (κ1) is 14.1. The summed E-state index contributed by atoms with van der Waals surface area (Å²) < 4.78 is 0. The van der Waals surface area contributed by atoms with Crippen LogP contribution in [0, 0.1) is 5.92 Å². The molecule has 1 aromatic rings. The van der Waals surface area contributed by atoms with Crippen LogP contribution in [0.2, 0.25) is 0 Å². The first-order valence-corrected chi connectivity index (χ1v) is 8.34. The highest BCUT2D eigenvalue weighted by Gasteiger charge is 2.25. The normalized spacial score (nSPS) is 30.6. The zero-order chi connectivity index (χ0) is 13.8. The Kier molecular flexibility index (Phi) is 4.74. The molecule has 0 bridgehead atoms. The maximum Gasteiger partial charge on any atom is 0.0580 e. The molecule has 0 heterocycles. The summed E-state index contributed by atoms with van der Waals surface area (Å²) >= 11 is 0. The van der Waals surface area contributed by atoms with Gasteiger partial charge in [0.05, 0.1) is 6.10 Å². The van der Waals surface area contributed by atoms with Crippen LogP contribution < -0.4 is 5.32 Å². The van der Waals surface area contributed by atoms with Crippen molar-refractivity contribution in [1.29, 1.82) is 0 Å². The minimum absolute atomic E-state index is 0.0859. The van der Waals surface area contributed by atoms with Gasteiger partial charge >= 0.3 is 0 Å². The second kappa shape index (κ2) is 6.73. The van der Waals surface area contributed by atoms with Crippen molar-refractivity contribution in [2.75, 3.05) is 6.54 Å². The highest BCUT2D eigenvalue weighted by Crippen LogP contribution is 2.30. The Bertz CT molecular complexity index is 431. The fourth-order valence-corrected chi connectivity index (χ4v) is 3.85. The Morgan fingerprint density at radius 2 is 1.80 bits per heavy atom. The molecular weight excluding hydrogens is 246 g/mol. The first-order valence-electron chi connectivity index (χ1n) is 8.34. The number of aliphatic hydroxyl groups excluding tert-OH is 1. The lowest BCUT2D eigenvalue weighted by Crippen LogP contribution is -2.35. The van der Waals surface area contributed by atoms with Crippen molar-refractivity contribution < 1.29 is 5.11 Å². The lowest BCUT2D eigenvalue weighted by atomic mass is 9.86. The summed E-state index contributed by atoms with van der Waals surface area (Å²) in [6.45, 7) is 0.972. The molecule has 2 heteroatoms. The van der Waals surface area contributed by atoms with Gasteiger partial charge in [0.15, 0.2) is 0 Å². The van der Waals surface area contributed by atoms with Crippen LogP contribution in [0.15, 0.2) is 24.3 Å². The molecule has 2 aliphatic rings. The van der Waals surface area contributed by atoms with Gasteiger partial charge in [0.2, 0.25) is 0 Å². The van der Waals surface area contributed by atoms with Crippen molar-refractivity contribution in [1.82, 2.24) is 5.32 Å². The van der Waals surface area contributed by atoms with E-state index in [4.69, 9.17) is 0 Å². The van der Waals surface area contributed by atoms with Gasteiger partial charge in [0, 0.05) is 12.6 Å². The average Bonchev–Trinajstić information content (AvgIpc) is 2.69. The van der Waals surface area contributed by atoms with E-state index in [1.807, 2.05) is 0 Å². The fraction of sp³-hybridized carbons (Fsp3) is 0.667. The summed E-state index contributed by atoms with van der Waals surface area (Å²) in [5, 5.41) is 13.9. The Hall–Kier alpha value is -0.860. The minimum Gasteiger partial charge on any atom is -0.393 e. The third-order valence-corrected chi connectivity index (χ3v) is 5.11. The van der Waals surface area contributed by atoms with Gasteiger partial charge in [-0.3, -0.25) is 0 Å². The fourth-order valence-electron chi connectivity index (χ4n) is 3.85.